The van der Waals surface area contributed by atoms with Crippen LogP contribution in [0.3, 0.4) is 0 Å². The molecular weight excluding hydrogens is 292 g/mol. The van der Waals surface area contributed by atoms with E-state index < -0.39 is 0 Å². The molecule has 2 heterocycles. The van der Waals surface area contributed by atoms with Crippen LogP contribution in [0.2, 0.25) is 0 Å². The first-order chi connectivity index (χ1) is 10.9. The number of thiazole rings is 1. The standard InChI is InChI=1S/C18H16N2OS/c1-2-4-13(5-3-1)17-9-20-18(22-17)10-19-16-7-6-14-11-21-12-15(14)8-16/h1-9,19H,10-12H2. The van der Waals surface area contributed by atoms with Crippen molar-refractivity contribution in [1.82, 2.24) is 4.98 Å². The SMILES string of the molecule is c1ccc(-c2cnc(CNc3ccc4c(c3)COC4)s2)cc1. The fourth-order valence-corrected chi connectivity index (χ4v) is 3.45. The van der Waals surface area contributed by atoms with Gasteiger partial charge in [-0.25, -0.2) is 4.98 Å². The van der Waals surface area contributed by atoms with E-state index in [1.54, 1.807) is 11.3 Å². The Labute approximate surface area is 133 Å². The quantitative estimate of drug-likeness (QED) is 0.773. The molecule has 0 radical (unpaired) electrons. The summed E-state index contributed by atoms with van der Waals surface area (Å²) in [6, 6.07) is 16.8. The number of nitrogens with zero attached hydrogens (tertiary/aromatic N) is 1. The van der Waals surface area contributed by atoms with E-state index in [0.717, 1.165) is 30.5 Å². The van der Waals surface area contributed by atoms with Crippen molar-refractivity contribution < 1.29 is 4.74 Å². The molecule has 0 amide bonds. The molecule has 0 aliphatic carbocycles. The van der Waals surface area contributed by atoms with Gasteiger partial charge in [0.1, 0.15) is 5.01 Å². The van der Waals surface area contributed by atoms with Crippen molar-refractivity contribution in [2.24, 2.45) is 0 Å². The summed E-state index contributed by atoms with van der Waals surface area (Å²) < 4.78 is 5.45. The van der Waals surface area contributed by atoms with Crippen LogP contribution in [-0.2, 0) is 24.5 Å². The highest BCUT2D eigenvalue weighted by atomic mass is 32.1. The molecule has 3 aromatic rings. The molecule has 4 rings (SSSR count). The van der Waals surface area contributed by atoms with Crippen LogP contribution in [0.15, 0.2) is 54.7 Å². The third kappa shape index (κ3) is 2.75. The number of benzene rings is 2. The average Bonchev–Trinajstić information content (AvgIpc) is 3.22. The van der Waals surface area contributed by atoms with Crippen LogP contribution in [0.25, 0.3) is 10.4 Å². The molecular formula is C18H16N2OS. The fourth-order valence-electron chi connectivity index (χ4n) is 2.59. The number of rotatable bonds is 4. The van der Waals surface area contributed by atoms with E-state index in [0.29, 0.717) is 0 Å². The zero-order chi connectivity index (χ0) is 14.8. The maximum Gasteiger partial charge on any atom is 0.112 e. The van der Waals surface area contributed by atoms with Gasteiger partial charge < -0.3 is 10.1 Å². The molecule has 0 bridgehead atoms. The molecule has 0 atom stereocenters. The van der Waals surface area contributed by atoms with Crippen LogP contribution in [-0.4, -0.2) is 4.98 Å². The van der Waals surface area contributed by atoms with E-state index in [-0.39, 0.29) is 0 Å². The van der Waals surface area contributed by atoms with Crippen molar-refractivity contribution in [3.05, 3.63) is 70.9 Å². The number of hydrogen-bond acceptors (Lipinski definition) is 4. The third-order valence-electron chi connectivity index (χ3n) is 3.78. The summed E-state index contributed by atoms with van der Waals surface area (Å²) in [5.74, 6) is 0. The van der Waals surface area contributed by atoms with Crippen molar-refractivity contribution >= 4 is 17.0 Å². The average molecular weight is 308 g/mol. The molecule has 0 spiro atoms. The molecule has 0 saturated carbocycles. The Kier molecular flexibility index (Phi) is 3.62. The minimum absolute atomic E-state index is 0.722. The van der Waals surface area contributed by atoms with Crippen LogP contribution in [0.4, 0.5) is 5.69 Å². The number of nitrogens with one attached hydrogen (secondary N) is 1. The molecule has 0 fully saturated rings. The first-order valence-electron chi connectivity index (χ1n) is 7.32. The van der Waals surface area contributed by atoms with Gasteiger partial charge in [-0.2, -0.15) is 0 Å². The first-order valence-corrected chi connectivity index (χ1v) is 8.14. The highest BCUT2D eigenvalue weighted by molar-refractivity contribution is 7.15. The van der Waals surface area contributed by atoms with Gasteiger partial charge in [0.25, 0.3) is 0 Å². The summed E-state index contributed by atoms with van der Waals surface area (Å²) >= 11 is 1.73. The van der Waals surface area contributed by atoms with E-state index in [2.05, 4.69) is 52.8 Å². The second kappa shape index (κ2) is 5.91. The Bertz CT molecular complexity index is 783. The number of hydrogen-bond donors (Lipinski definition) is 1. The van der Waals surface area contributed by atoms with Crippen molar-refractivity contribution in [3.8, 4) is 10.4 Å². The van der Waals surface area contributed by atoms with Gasteiger partial charge in [-0.15, -0.1) is 11.3 Å². The number of anilines is 1. The molecule has 0 unspecified atom stereocenters. The van der Waals surface area contributed by atoms with Crippen LogP contribution in [0.1, 0.15) is 16.1 Å². The molecule has 1 aliphatic heterocycles. The lowest BCUT2D eigenvalue weighted by molar-refractivity contribution is 0.134. The lowest BCUT2D eigenvalue weighted by Gasteiger charge is -2.06. The van der Waals surface area contributed by atoms with Crippen LogP contribution in [0, 0.1) is 0 Å². The van der Waals surface area contributed by atoms with E-state index in [9.17, 15) is 0 Å². The monoisotopic (exact) mass is 308 g/mol. The van der Waals surface area contributed by atoms with Crippen LogP contribution >= 0.6 is 11.3 Å². The summed E-state index contributed by atoms with van der Waals surface area (Å²) in [6.07, 6.45) is 1.95. The van der Waals surface area contributed by atoms with Gasteiger partial charge in [0.05, 0.1) is 24.6 Å². The van der Waals surface area contributed by atoms with E-state index >= 15 is 0 Å². The van der Waals surface area contributed by atoms with E-state index in [4.69, 9.17) is 4.74 Å². The number of aromatic nitrogens is 1. The summed E-state index contributed by atoms with van der Waals surface area (Å²) in [5.41, 5.74) is 4.93. The Balaban J connectivity index is 1.45. The Morgan fingerprint density at radius 2 is 1.91 bits per heavy atom. The van der Waals surface area contributed by atoms with Crippen molar-refractivity contribution in [3.63, 3.8) is 0 Å². The second-order valence-electron chi connectivity index (χ2n) is 5.31. The van der Waals surface area contributed by atoms with Crippen LogP contribution in [0.5, 0.6) is 0 Å². The van der Waals surface area contributed by atoms with Gasteiger partial charge in [0.15, 0.2) is 0 Å². The van der Waals surface area contributed by atoms with Gasteiger partial charge in [-0.3, -0.25) is 0 Å². The van der Waals surface area contributed by atoms with E-state index in [1.807, 2.05) is 12.3 Å². The fraction of sp³-hybridized carbons (Fsp3) is 0.167. The van der Waals surface area contributed by atoms with Crippen molar-refractivity contribution in [2.45, 2.75) is 19.8 Å². The highest BCUT2D eigenvalue weighted by Crippen LogP contribution is 2.27. The normalized spacial score (nSPS) is 13.1. The van der Waals surface area contributed by atoms with Gasteiger partial charge in [-0.05, 0) is 28.8 Å². The molecule has 22 heavy (non-hydrogen) atoms. The zero-order valence-corrected chi connectivity index (χ0v) is 12.9. The molecule has 1 aliphatic rings. The van der Waals surface area contributed by atoms with Gasteiger partial charge in [0, 0.05) is 11.9 Å². The van der Waals surface area contributed by atoms with E-state index in [1.165, 1.54) is 21.6 Å². The largest absolute Gasteiger partial charge is 0.379 e. The smallest absolute Gasteiger partial charge is 0.112 e. The third-order valence-corrected chi connectivity index (χ3v) is 4.82. The van der Waals surface area contributed by atoms with Gasteiger partial charge >= 0.3 is 0 Å². The lowest BCUT2D eigenvalue weighted by atomic mass is 10.1. The predicted molar refractivity (Wildman–Crippen MR) is 89.8 cm³/mol. The summed E-state index contributed by atoms with van der Waals surface area (Å²) in [4.78, 5) is 5.72. The minimum Gasteiger partial charge on any atom is -0.379 e. The molecule has 4 heteroatoms. The van der Waals surface area contributed by atoms with Gasteiger partial charge in [0.2, 0.25) is 0 Å². The molecule has 1 aromatic heterocycles. The van der Waals surface area contributed by atoms with Gasteiger partial charge in [-0.1, -0.05) is 36.4 Å². The number of fused-ring (bicyclic) bond motifs is 1. The molecule has 3 nitrogen and oxygen atoms in total. The summed E-state index contributed by atoms with van der Waals surface area (Å²) in [7, 11) is 0. The van der Waals surface area contributed by atoms with Crippen molar-refractivity contribution in [1.29, 1.82) is 0 Å². The maximum absolute atomic E-state index is 5.45. The topological polar surface area (TPSA) is 34.2 Å². The maximum atomic E-state index is 5.45. The summed E-state index contributed by atoms with van der Waals surface area (Å²) in [6.45, 7) is 2.21. The highest BCUT2D eigenvalue weighted by Gasteiger charge is 2.11. The minimum atomic E-state index is 0.722. The lowest BCUT2D eigenvalue weighted by Crippen LogP contribution is -1.99. The van der Waals surface area contributed by atoms with Crippen molar-refractivity contribution in [2.75, 3.05) is 5.32 Å². The first kappa shape index (κ1) is 13.5. The second-order valence-corrected chi connectivity index (χ2v) is 6.43. The number of ether oxygens (including phenoxy) is 1. The molecule has 110 valence electrons. The summed E-state index contributed by atoms with van der Waals surface area (Å²) in [5, 5.41) is 4.54. The Morgan fingerprint density at radius 1 is 1.05 bits per heavy atom. The zero-order valence-electron chi connectivity index (χ0n) is 12.1. The Morgan fingerprint density at radius 3 is 2.82 bits per heavy atom. The molecule has 1 N–H and O–H groups in total. The molecule has 2 aromatic carbocycles. The molecule has 0 saturated heterocycles. The predicted octanol–water partition coefficient (Wildman–Crippen LogP) is 4.45. The Hall–Kier alpha value is -2.17. The van der Waals surface area contributed by atoms with Crippen LogP contribution < -0.4 is 5.32 Å².